The second-order valence-corrected chi connectivity index (χ2v) is 8.35. The van der Waals surface area contributed by atoms with E-state index in [1.54, 1.807) is 0 Å². The van der Waals surface area contributed by atoms with Gasteiger partial charge in [-0.3, -0.25) is 0 Å². The molecular formula is C18H21N3O3S. The minimum atomic E-state index is -3.45. The molecule has 7 heteroatoms. The summed E-state index contributed by atoms with van der Waals surface area (Å²) in [5, 5.41) is 2.41. The van der Waals surface area contributed by atoms with Crippen LogP contribution >= 0.6 is 0 Å². The number of likely N-dealkylation sites (N-methyl/N-ethyl adjacent to an activating group) is 1. The summed E-state index contributed by atoms with van der Waals surface area (Å²) < 4.78 is 25.3. The first-order valence-corrected chi connectivity index (χ1v) is 9.67. The Morgan fingerprint density at radius 3 is 2.56 bits per heavy atom. The second kappa shape index (κ2) is 6.85. The molecule has 1 aliphatic rings. The van der Waals surface area contributed by atoms with Gasteiger partial charge in [0.25, 0.3) is 0 Å². The van der Waals surface area contributed by atoms with Crippen molar-refractivity contribution < 1.29 is 13.2 Å². The Balaban J connectivity index is 1.78. The number of sulfone groups is 1. The van der Waals surface area contributed by atoms with Crippen LogP contribution in [0.3, 0.4) is 0 Å². The van der Waals surface area contributed by atoms with Crippen LogP contribution in [0.4, 0.5) is 10.5 Å². The van der Waals surface area contributed by atoms with Crippen molar-refractivity contribution >= 4 is 21.6 Å². The van der Waals surface area contributed by atoms with Gasteiger partial charge in [-0.25, -0.2) is 13.2 Å². The Morgan fingerprint density at radius 1 is 1.16 bits per heavy atom. The van der Waals surface area contributed by atoms with Crippen LogP contribution in [-0.4, -0.2) is 32.9 Å². The fraction of sp³-hybridized carbons (Fsp3) is 0.278. The van der Waals surface area contributed by atoms with E-state index in [-0.39, 0.29) is 10.6 Å². The van der Waals surface area contributed by atoms with Crippen molar-refractivity contribution in [3.63, 3.8) is 0 Å². The molecule has 2 amide bonds. The average molecular weight is 359 g/mol. The lowest BCUT2D eigenvalue weighted by Gasteiger charge is -2.25. The van der Waals surface area contributed by atoms with Crippen LogP contribution in [0.1, 0.15) is 16.7 Å². The van der Waals surface area contributed by atoms with E-state index in [0.717, 1.165) is 25.1 Å². The number of hydrogen-bond acceptors (Lipinski definition) is 4. The van der Waals surface area contributed by atoms with E-state index in [2.05, 4.69) is 17.3 Å². The van der Waals surface area contributed by atoms with E-state index in [1.807, 2.05) is 18.2 Å². The summed E-state index contributed by atoms with van der Waals surface area (Å²) in [7, 11) is -1.37. The first-order valence-electron chi connectivity index (χ1n) is 8.02. The SMILES string of the molecule is CN1CCc2cc(CS(=O)(=O)c3ccc(NC(N)=O)cc3)ccc2C1. The molecule has 0 spiro atoms. The Hall–Kier alpha value is -2.38. The average Bonchev–Trinajstić information content (AvgIpc) is 2.54. The number of amides is 2. The van der Waals surface area contributed by atoms with E-state index in [0.29, 0.717) is 5.69 Å². The van der Waals surface area contributed by atoms with Gasteiger partial charge < -0.3 is 16.0 Å². The van der Waals surface area contributed by atoms with Gasteiger partial charge in [0.2, 0.25) is 0 Å². The summed E-state index contributed by atoms with van der Waals surface area (Å²) in [6.45, 7) is 1.88. The van der Waals surface area contributed by atoms with Gasteiger partial charge in [0, 0.05) is 18.8 Å². The number of rotatable bonds is 4. The van der Waals surface area contributed by atoms with Gasteiger partial charge in [0.15, 0.2) is 9.84 Å². The van der Waals surface area contributed by atoms with E-state index in [1.165, 1.54) is 35.4 Å². The predicted molar refractivity (Wildman–Crippen MR) is 97.0 cm³/mol. The van der Waals surface area contributed by atoms with Crippen LogP contribution in [0.5, 0.6) is 0 Å². The molecule has 0 aromatic heterocycles. The first-order chi connectivity index (χ1) is 11.8. The Bertz CT molecular complexity index is 892. The summed E-state index contributed by atoms with van der Waals surface area (Å²) in [4.78, 5) is 13.3. The Kier molecular flexibility index (Phi) is 4.78. The molecule has 0 bridgehead atoms. The summed E-state index contributed by atoms with van der Waals surface area (Å²) in [6, 6.07) is 11.2. The highest BCUT2D eigenvalue weighted by Crippen LogP contribution is 2.23. The quantitative estimate of drug-likeness (QED) is 0.875. The molecule has 132 valence electrons. The van der Waals surface area contributed by atoms with Crippen LogP contribution < -0.4 is 11.1 Å². The molecule has 3 rings (SSSR count). The summed E-state index contributed by atoms with van der Waals surface area (Å²) >= 11 is 0. The van der Waals surface area contributed by atoms with E-state index >= 15 is 0 Å². The number of nitrogens with one attached hydrogen (secondary N) is 1. The van der Waals surface area contributed by atoms with E-state index < -0.39 is 15.9 Å². The Morgan fingerprint density at radius 2 is 1.88 bits per heavy atom. The van der Waals surface area contributed by atoms with Crippen LogP contribution in [-0.2, 0) is 28.6 Å². The van der Waals surface area contributed by atoms with Crippen molar-refractivity contribution in [3.8, 4) is 0 Å². The van der Waals surface area contributed by atoms with Crippen LogP contribution in [0, 0.1) is 0 Å². The third-order valence-corrected chi connectivity index (χ3v) is 6.02. The first kappa shape index (κ1) is 17.4. The molecule has 6 nitrogen and oxygen atoms in total. The molecule has 2 aromatic rings. The molecule has 25 heavy (non-hydrogen) atoms. The molecule has 1 aliphatic heterocycles. The van der Waals surface area contributed by atoms with Crippen LogP contribution in [0.15, 0.2) is 47.4 Å². The molecule has 0 unspecified atom stereocenters. The molecule has 0 aliphatic carbocycles. The molecule has 0 atom stereocenters. The number of fused-ring (bicyclic) bond motifs is 1. The maximum Gasteiger partial charge on any atom is 0.316 e. The van der Waals surface area contributed by atoms with Crippen molar-refractivity contribution in [2.75, 3.05) is 18.9 Å². The molecule has 0 fully saturated rings. The lowest BCUT2D eigenvalue weighted by atomic mass is 9.98. The summed E-state index contributed by atoms with van der Waals surface area (Å²) in [6.07, 6.45) is 0.938. The third-order valence-electron chi connectivity index (χ3n) is 4.31. The number of benzene rings is 2. The fourth-order valence-electron chi connectivity index (χ4n) is 3.03. The second-order valence-electron chi connectivity index (χ2n) is 6.36. The van der Waals surface area contributed by atoms with Gasteiger partial charge in [0.1, 0.15) is 0 Å². The van der Waals surface area contributed by atoms with Gasteiger partial charge in [-0.05, 0) is 54.4 Å². The normalized spacial score (nSPS) is 14.8. The monoisotopic (exact) mass is 359 g/mol. The topological polar surface area (TPSA) is 92.5 Å². The summed E-state index contributed by atoms with van der Waals surface area (Å²) in [5.74, 6) is -0.0429. The minimum Gasteiger partial charge on any atom is -0.351 e. The number of hydrogen-bond donors (Lipinski definition) is 2. The van der Waals surface area contributed by atoms with Gasteiger partial charge >= 0.3 is 6.03 Å². The number of urea groups is 1. The van der Waals surface area contributed by atoms with Gasteiger partial charge in [-0.1, -0.05) is 18.2 Å². The standard InChI is InChI=1S/C18H21N3O3S/c1-21-9-8-14-10-13(2-3-15(14)11-21)12-25(23,24)17-6-4-16(5-7-17)20-18(19)22/h2-7,10H,8-9,11-12H2,1H3,(H3,19,20,22). The van der Waals surface area contributed by atoms with Gasteiger partial charge in [-0.15, -0.1) is 0 Å². The molecule has 0 radical (unpaired) electrons. The van der Waals surface area contributed by atoms with Crippen molar-refractivity contribution in [2.24, 2.45) is 5.73 Å². The predicted octanol–water partition coefficient (Wildman–Crippen LogP) is 2.14. The number of nitrogens with zero attached hydrogens (tertiary/aromatic N) is 1. The molecule has 2 aromatic carbocycles. The Labute approximate surface area is 147 Å². The smallest absolute Gasteiger partial charge is 0.316 e. The van der Waals surface area contributed by atoms with Crippen molar-refractivity contribution in [1.82, 2.24) is 4.90 Å². The number of anilines is 1. The molecule has 1 heterocycles. The number of carbonyl (C=O) groups excluding carboxylic acids is 1. The zero-order valence-corrected chi connectivity index (χ0v) is 14.8. The van der Waals surface area contributed by atoms with Crippen molar-refractivity contribution in [1.29, 1.82) is 0 Å². The molecule has 0 saturated carbocycles. The van der Waals surface area contributed by atoms with Crippen molar-refractivity contribution in [2.45, 2.75) is 23.6 Å². The highest BCUT2D eigenvalue weighted by molar-refractivity contribution is 7.90. The fourth-order valence-corrected chi connectivity index (χ4v) is 4.36. The molecule has 3 N–H and O–H groups in total. The minimum absolute atomic E-state index is 0.0429. The maximum absolute atomic E-state index is 12.6. The molecular weight excluding hydrogens is 338 g/mol. The lowest BCUT2D eigenvalue weighted by Crippen LogP contribution is -2.26. The number of carbonyl (C=O) groups is 1. The van der Waals surface area contributed by atoms with E-state index in [4.69, 9.17) is 5.73 Å². The molecule has 0 saturated heterocycles. The highest BCUT2D eigenvalue weighted by atomic mass is 32.2. The number of nitrogens with two attached hydrogens (primary N) is 1. The largest absolute Gasteiger partial charge is 0.351 e. The van der Waals surface area contributed by atoms with Crippen molar-refractivity contribution in [3.05, 3.63) is 59.2 Å². The number of primary amides is 1. The van der Waals surface area contributed by atoms with Crippen LogP contribution in [0.25, 0.3) is 0 Å². The summed E-state index contributed by atoms with van der Waals surface area (Å²) in [5.41, 5.74) is 8.79. The van der Waals surface area contributed by atoms with Gasteiger partial charge in [-0.2, -0.15) is 0 Å². The van der Waals surface area contributed by atoms with E-state index in [9.17, 15) is 13.2 Å². The maximum atomic E-state index is 12.6. The highest BCUT2D eigenvalue weighted by Gasteiger charge is 2.18. The van der Waals surface area contributed by atoms with Crippen LogP contribution in [0.2, 0.25) is 0 Å². The third kappa shape index (κ3) is 4.18. The van der Waals surface area contributed by atoms with Gasteiger partial charge in [0.05, 0.1) is 10.6 Å². The zero-order chi connectivity index (χ0) is 18.0. The zero-order valence-electron chi connectivity index (χ0n) is 14.0. The lowest BCUT2D eigenvalue weighted by molar-refractivity contribution is 0.259.